The molecular formula is C18H24O5. The summed E-state index contributed by atoms with van der Waals surface area (Å²) < 4.78 is 10.8. The highest BCUT2D eigenvalue weighted by Gasteiger charge is 2.09. The third-order valence-corrected chi connectivity index (χ3v) is 3.45. The topological polar surface area (TPSA) is 72.8 Å². The lowest BCUT2D eigenvalue weighted by molar-refractivity contribution is -0.143. The van der Waals surface area contributed by atoms with Crippen molar-refractivity contribution in [3.05, 3.63) is 42.5 Å². The van der Waals surface area contributed by atoms with Crippen LogP contribution in [-0.2, 0) is 9.53 Å². The van der Waals surface area contributed by atoms with Crippen LogP contribution in [0, 0.1) is 0 Å². The number of unbranched alkanes of at least 4 members (excludes halogenated alkanes) is 2. The molecule has 0 spiro atoms. The summed E-state index contributed by atoms with van der Waals surface area (Å²) >= 11 is 0. The minimum Gasteiger partial charge on any atom is -0.494 e. The molecule has 0 saturated carbocycles. The van der Waals surface area contributed by atoms with Crippen molar-refractivity contribution in [1.29, 1.82) is 0 Å². The standard InChI is InChI=1S/C18H24O5/c1-3-15(23-17(19)4-2)8-6-5-7-13-22-16-11-9-14(10-12-16)18(20)21/h4,9-12,15H,2-3,5-8,13H2,1H3,(H,20,21). The monoisotopic (exact) mass is 320 g/mol. The van der Waals surface area contributed by atoms with Gasteiger partial charge in [0.05, 0.1) is 12.2 Å². The second-order valence-electron chi connectivity index (χ2n) is 5.20. The Kier molecular flexibility index (Phi) is 8.50. The van der Waals surface area contributed by atoms with E-state index in [0.29, 0.717) is 12.4 Å². The Bertz CT molecular complexity index is 507. The summed E-state index contributed by atoms with van der Waals surface area (Å²) in [6, 6.07) is 6.37. The number of aromatic carboxylic acids is 1. The molecule has 0 bridgehead atoms. The SMILES string of the molecule is C=CC(=O)OC(CC)CCCCCOc1ccc(C(=O)O)cc1. The van der Waals surface area contributed by atoms with E-state index in [1.165, 1.54) is 18.2 Å². The number of carbonyl (C=O) groups is 2. The molecule has 1 unspecified atom stereocenters. The zero-order chi connectivity index (χ0) is 17.1. The number of carboxylic acid groups (broad SMARTS) is 1. The van der Waals surface area contributed by atoms with E-state index in [0.717, 1.165) is 32.1 Å². The van der Waals surface area contributed by atoms with E-state index in [2.05, 4.69) is 6.58 Å². The number of rotatable bonds is 11. The lowest BCUT2D eigenvalue weighted by atomic mass is 10.1. The highest BCUT2D eigenvalue weighted by Crippen LogP contribution is 2.14. The molecule has 0 aliphatic heterocycles. The first kappa shape index (κ1) is 18.7. The minimum atomic E-state index is -0.945. The smallest absolute Gasteiger partial charge is 0.335 e. The van der Waals surface area contributed by atoms with Gasteiger partial charge in [0.15, 0.2) is 0 Å². The van der Waals surface area contributed by atoms with Crippen molar-refractivity contribution in [2.45, 2.75) is 45.1 Å². The minimum absolute atomic E-state index is 0.0509. The Labute approximate surface area is 136 Å². The second kappa shape index (κ2) is 10.4. The maximum absolute atomic E-state index is 11.1. The molecule has 23 heavy (non-hydrogen) atoms. The summed E-state index contributed by atoms with van der Waals surface area (Å²) in [6.07, 6.45) is 5.61. The first-order valence-electron chi connectivity index (χ1n) is 7.86. The maximum atomic E-state index is 11.1. The number of ether oxygens (including phenoxy) is 2. The lowest BCUT2D eigenvalue weighted by Gasteiger charge is -2.14. The van der Waals surface area contributed by atoms with E-state index in [4.69, 9.17) is 14.6 Å². The highest BCUT2D eigenvalue weighted by molar-refractivity contribution is 5.87. The summed E-state index contributed by atoms with van der Waals surface area (Å²) in [5.41, 5.74) is 0.247. The quantitative estimate of drug-likeness (QED) is 0.381. The van der Waals surface area contributed by atoms with Crippen LogP contribution in [0.25, 0.3) is 0 Å². The summed E-state index contributed by atoms with van der Waals surface area (Å²) in [7, 11) is 0. The van der Waals surface area contributed by atoms with Gasteiger partial charge in [0.2, 0.25) is 0 Å². The molecule has 5 nitrogen and oxygen atoms in total. The summed E-state index contributed by atoms with van der Waals surface area (Å²) in [5.74, 6) is -0.648. The number of benzene rings is 1. The number of hydrogen-bond acceptors (Lipinski definition) is 4. The van der Waals surface area contributed by atoms with Gasteiger partial charge in [0.1, 0.15) is 11.9 Å². The molecule has 1 aromatic rings. The fourth-order valence-corrected chi connectivity index (χ4v) is 2.09. The second-order valence-corrected chi connectivity index (χ2v) is 5.20. The van der Waals surface area contributed by atoms with Gasteiger partial charge in [-0.2, -0.15) is 0 Å². The first-order valence-corrected chi connectivity index (χ1v) is 7.86. The van der Waals surface area contributed by atoms with E-state index in [1.807, 2.05) is 6.92 Å². The van der Waals surface area contributed by atoms with Crippen LogP contribution in [0.15, 0.2) is 36.9 Å². The van der Waals surface area contributed by atoms with Crippen LogP contribution < -0.4 is 4.74 Å². The highest BCUT2D eigenvalue weighted by atomic mass is 16.5. The van der Waals surface area contributed by atoms with Crippen molar-refractivity contribution in [2.24, 2.45) is 0 Å². The van der Waals surface area contributed by atoms with Crippen molar-refractivity contribution in [1.82, 2.24) is 0 Å². The average molecular weight is 320 g/mol. The predicted molar refractivity (Wildman–Crippen MR) is 87.7 cm³/mol. The molecular weight excluding hydrogens is 296 g/mol. The molecule has 1 aromatic carbocycles. The van der Waals surface area contributed by atoms with Crippen molar-refractivity contribution >= 4 is 11.9 Å². The molecule has 0 amide bonds. The molecule has 0 fully saturated rings. The molecule has 5 heteroatoms. The predicted octanol–water partition coefficient (Wildman–Crippen LogP) is 3.83. The summed E-state index contributed by atoms with van der Waals surface area (Å²) in [6.45, 7) is 5.96. The number of carbonyl (C=O) groups excluding carboxylic acids is 1. The summed E-state index contributed by atoms with van der Waals surface area (Å²) in [4.78, 5) is 21.9. The van der Waals surface area contributed by atoms with Crippen LogP contribution in [-0.4, -0.2) is 29.8 Å². The zero-order valence-corrected chi connectivity index (χ0v) is 13.5. The van der Waals surface area contributed by atoms with Gasteiger partial charge in [-0.15, -0.1) is 0 Å². The molecule has 0 saturated heterocycles. The number of carboxylic acids is 1. The van der Waals surface area contributed by atoms with Gasteiger partial charge in [-0.1, -0.05) is 13.5 Å². The van der Waals surface area contributed by atoms with Crippen molar-refractivity contribution in [3.63, 3.8) is 0 Å². The molecule has 1 N–H and O–H groups in total. The van der Waals surface area contributed by atoms with Gasteiger partial charge in [-0.25, -0.2) is 9.59 Å². The Balaban J connectivity index is 2.16. The Morgan fingerprint density at radius 3 is 2.48 bits per heavy atom. The molecule has 0 aliphatic rings. The molecule has 0 heterocycles. The molecule has 0 radical (unpaired) electrons. The van der Waals surface area contributed by atoms with Crippen molar-refractivity contribution in [3.8, 4) is 5.75 Å². The Morgan fingerprint density at radius 1 is 1.22 bits per heavy atom. The van der Waals surface area contributed by atoms with E-state index < -0.39 is 5.97 Å². The van der Waals surface area contributed by atoms with Gasteiger partial charge < -0.3 is 14.6 Å². The van der Waals surface area contributed by atoms with Gasteiger partial charge >= 0.3 is 11.9 Å². The number of esters is 1. The van der Waals surface area contributed by atoms with Crippen LogP contribution in [0.5, 0.6) is 5.75 Å². The van der Waals surface area contributed by atoms with Gasteiger partial charge in [0, 0.05) is 6.08 Å². The van der Waals surface area contributed by atoms with Gasteiger partial charge in [-0.3, -0.25) is 0 Å². The average Bonchev–Trinajstić information content (AvgIpc) is 2.56. The fraction of sp³-hybridized carbons (Fsp3) is 0.444. The largest absolute Gasteiger partial charge is 0.494 e. The normalized spacial score (nSPS) is 11.5. The molecule has 126 valence electrons. The van der Waals surface area contributed by atoms with Crippen LogP contribution in [0.2, 0.25) is 0 Å². The van der Waals surface area contributed by atoms with Crippen LogP contribution in [0.3, 0.4) is 0 Å². The van der Waals surface area contributed by atoms with Gasteiger partial charge in [-0.05, 0) is 56.4 Å². The van der Waals surface area contributed by atoms with Crippen LogP contribution in [0.1, 0.15) is 49.4 Å². The van der Waals surface area contributed by atoms with Crippen molar-refractivity contribution < 1.29 is 24.2 Å². The van der Waals surface area contributed by atoms with E-state index >= 15 is 0 Å². The van der Waals surface area contributed by atoms with Gasteiger partial charge in [0.25, 0.3) is 0 Å². The maximum Gasteiger partial charge on any atom is 0.335 e. The zero-order valence-electron chi connectivity index (χ0n) is 13.5. The van der Waals surface area contributed by atoms with E-state index in [1.54, 1.807) is 12.1 Å². The third kappa shape index (κ3) is 7.49. The molecule has 0 aliphatic carbocycles. The fourth-order valence-electron chi connectivity index (χ4n) is 2.09. The lowest BCUT2D eigenvalue weighted by Crippen LogP contribution is -2.15. The Morgan fingerprint density at radius 2 is 1.91 bits per heavy atom. The van der Waals surface area contributed by atoms with E-state index in [9.17, 15) is 9.59 Å². The molecule has 0 aromatic heterocycles. The van der Waals surface area contributed by atoms with Crippen LogP contribution in [0.4, 0.5) is 0 Å². The van der Waals surface area contributed by atoms with Crippen molar-refractivity contribution in [2.75, 3.05) is 6.61 Å². The first-order chi connectivity index (χ1) is 11.1. The number of hydrogen-bond donors (Lipinski definition) is 1. The molecule has 1 atom stereocenters. The molecule has 1 rings (SSSR count). The summed E-state index contributed by atoms with van der Waals surface area (Å²) in [5, 5.41) is 8.81. The van der Waals surface area contributed by atoms with Crippen LogP contribution >= 0.6 is 0 Å². The van der Waals surface area contributed by atoms with E-state index in [-0.39, 0.29) is 17.6 Å². The third-order valence-electron chi connectivity index (χ3n) is 3.45. The Hall–Kier alpha value is -2.30.